The summed E-state index contributed by atoms with van der Waals surface area (Å²) in [6.45, 7) is 13.2. The topological polar surface area (TPSA) is 52.3 Å². The van der Waals surface area contributed by atoms with Gasteiger partial charge < -0.3 is 10.5 Å². The Hall–Kier alpha value is -0.830. The van der Waals surface area contributed by atoms with E-state index in [1.807, 2.05) is 34.6 Å². The van der Waals surface area contributed by atoms with Crippen LogP contribution in [-0.2, 0) is 9.53 Å². The highest BCUT2D eigenvalue weighted by Crippen LogP contribution is 2.23. The molecular formula is C12H23NO2. The SMILES string of the molecule is C=CC(C)(C)C[C@H](N)C(=O)OC(C)(C)C. The third-order valence-electron chi connectivity index (χ3n) is 2.01. The molecule has 0 aromatic heterocycles. The van der Waals surface area contributed by atoms with Crippen LogP contribution in [0.25, 0.3) is 0 Å². The van der Waals surface area contributed by atoms with Crippen molar-refractivity contribution in [1.29, 1.82) is 0 Å². The first kappa shape index (κ1) is 14.2. The first-order valence-corrected chi connectivity index (χ1v) is 5.19. The molecule has 0 fully saturated rings. The number of carbonyl (C=O) groups is 1. The van der Waals surface area contributed by atoms with Gasteiger partial charge in [-0.3, -0.25) is 4.79 Å². The number of hydrogen-bond donors (Lipinski definition) is 1. The molecule has 3 nitrogen and oxygen atoms in total. The molecular weight excluding hydrogens is 190 g/mol. The second kappa shape index (κ2) is 4.79. The molecule has 0 saturated heterocycles. The fourth-order valence-corrected chi connectivity index (χ4v) is 1.11. The van der Waals surface area contributed by atoms with E-state index in [0.29, 0.717) is 6.42 Å². The summed E-state index contributed by atoms with van der Waals surface area (Å²) in [5.74, 6) is -0.350. The molecule has 0 spiro atoms. The highest BCUT2D eigenvalue weighted by Gasteiger charge is 2.26. The minimum atomic E-state index is -0.586. The van der Waals surface area contributed by atoms with Crippen LogP contribution in [0.4, 0.5) is 0 Å². The van der Waals surface area contributed by atoms with Crippen molar-refractivity contribution in [3.63, 3.8) is 0 Å². The lowest BCUT2D eigenvalue weighted by Gasteiger charge is -2.26. The molecule has 0 heterocycles. The molecule has 0 aromatic rings. The van der Waals surface area contributed by atoms with Crippen molar-refractivity contribution < 1.29 is 9.53 Å². The molecule has 0 saturated carbocycles. The molecule has 0 rings (SSSR count). The van der Waals surface area contributed by atoms with E-state index in [2.05, 4.69) is 6.58 Å². The van der Waals surface area contributed by atoms with Crippen LogP contribution >= 0.6 is 0 Å². The Kier molecular flexibility index (Phi) is 4.53. The van der Waals surface area contributed by atoms with Crippen LogP contribution in [0.15, 0.2) is 12.7 Å². The summed E-state index contributed by atoms with van der Waals surface area (Å²) in [6, 6.07) is -0.586. The lowest BCUT2D eigenvalue weighted by atomic mass is 9.86. The quantitative estimate of drug-likeness (QED) is 0.575. The van der Waals surface area contributed by atoms with Crippen molar-refractivity contribution in [3.8, 4) is 0 Å². The maximum atomic E-state index is 11.6. The summed E-state index contributed by atoms with van der Waals surface area (Å²) in [5.41, 5.74) is 5.14. The Morgan fingerprint density at radius 1 is 1.40 bits per heavy atom. The maximum Gasteiger partial charge on any atom is 0.323 e. The van der Waals surface area contributed by atoms with Crippen molar-refractivity contribution in [2.75, 3.05) is 0 Å². The Bertz CT molecular complexity index is 238. The first-order chi connectivity index (χ1) is 6.57. The van der Waals surface area contributed by atoms with Crippen molar-refractivity contribution in [3.05, 3.63) is 12.7 Å². The molecule has 0 unspecified atom stereocenters. The van der Waals surface area contributed by atoms with Gasteiger partial charge in [-0.25, -0.2) is 0 Å². The van der Waals surface area contributed by atoms with E-state index >= 15 is 0 Å². The monoisotopic (exact) mass is 213 g/mol. The molecule has 88 valence electrons. The maximum absolute atomic E-state index is 11.6. The zero-order valence-corrected chi connectivity index (χ0v) is 10.5. The molecule has 0 radical (unpaired) electrons. The highest BCUT2D eigenvalue weighted by atomic mass is 16.6. The zero-order chi connectivity index (χ0) is 12.3. The van der Waals surface area contributed by atoms with Gasteiger partial charge in [0, 0.05) is 0 Å². The molecule has 3 heteroatoms. The summed E-state index contributed by atoms with van der Waals surface area (Å²) < 4.78 is 5.19. The standard InChI is InChI=1S/C12H23NO2/c1-7-12(5,6)8-9(13)10(14)15-11(2,3)4/h7,9H,1,8,13H2,2-6H3/t9-/m0/s1. The number of nitrogens with two attached hydrogens (primary N) is 1. The molecule has 0 aromatic carbocycles. The Morgan fingerprint density at radius 2 is 1.87 bits per heavy atom. The van der Waals surface area contributed by atoms with Gasteiger partial charge in [0.25, 0.3) is 0 Å². The summed E-state index contributed by atoms with van der Waals surface area (Å²) in [6.07, 6.45) is 2.35. The minimum Gasteiger partial charge on any atom is -0.459 e. The van der Waals surface area contributed by atoms with Crippen LogP contribution in [-0.4, -0.2) is 17.6 Å². The van der Waals surface area contributed by atoms with Gasteiger partial charge in [-0.05, 0) is 32.6 Å². The molecule has 2 N–H and O–H groups in total. The van der Waals surface area contributed by atoms with Crippen LogP contribution < -0.4 is 5.73 Å². The van der Waals surface area contributed by atoms with Gasteiger partial charge in [0.05, 0.1) is 0 Å². The third kappa shape index (κ3) is 6.28. The van der Waals surface area contributed by atoms with Crippen LogP contribution in [0.1, 0.15) is 41.0 Å². The van der Waals surface area contributed by atoms with E-state index in [9.17, 15) is 4.79 Å². The first-order valence-electron chi connectivity index (χ1n) is 5.19. The number of esters is 1. The number of ether oxygens (including phenoxy) is 1. The minimum absolute atomic E-state index is 0.143. The molecule has 0 aliphatic carbocycles. The summed E-state index contributed by atoms with van der Waals surface area (Å²) >= 11 is 0. The summed E-state index contributed by atoms with van der Waals surface area (Å²) in [4.78, 5) is 11.6. The molecule has 0 bridgehead atoms. The number of rotatable bonds is 4. The molecule has 1 atom stereocenters. The number of allylic oxidation sites excluding steroid dienone is 1. The molecule has 0 aliphatic rings. The smallest absolute Gasteiger partial charge is 0.323 e. The molecule has 15 heavy (non-hydrogen) atoms. The predicted molar refractivity (Wildman–Crippen MR) is 62.4 cm³/mol. The number of hydrogen-bond acceptors (Lipinski definition) is 3. The van der Waals surface area contributed by atoms with Crippen LogP contribution in [0, 0.1) is 5.41 Å². The van der Waals surface area contributed by atoms with E-state index in [-0.39, 0.29) is 11.4 Å². The van der Waals surface area contributed by atoms with E-state index in [4.69, 9.17) is 10.5 Å². The van der Waals surface area contributed by atoms with Crippen LogP contribution in [0.5, 0.6) is 0 Å². The number of carbonyl (C=O) groups excluding carboxylic acids is 1. The average Bonchev–Trinajstić information content (AvgIpc) is 2.00. The van der Waals surface area contributed by atoms with Gasteiger partial charge in [-0.2, -0.15) is 0 Å². The largest absolute Gasteiger partial charge is 0.459 e. The van der Waals surface area contributed by atoms with Gasteiger partial charge in [0.15, 0.2) is 0 Å². The Labute approximate surface area is 92.7 Å². The normalized spacial score (nSPS) is 14.5. The van der Waals surface area contributed by atoms with Crippen molar-refractivity contribution in [2.24, 2.45) is 11.1 Å². The van der Waals surface area contributed by atoms with Gasteiger partial charge in [0.1, 0.15) is 11.6 Å². The van der Waals surface area contributed by atoms with Gasteiger partial charge in [-0.1, -0.05) is 19.9 Å². The third-order valence-corrected chi connectivity index (χ3v) is 2.01. The van der Waals surface area contributed by atoms with E-state index in [0.717, 1.165) is 0 Å². The summed E-state index contributed by atoms with van der Waals surface area (Å²) in [7, 11) is 0. The predicted octanol–water partition coefficient (Wildman–Crippen LogP) is 2.26. The molecule has 0 amide bonds. The Morgan fingerprint density at radius 3 is 2.20 bits per heavy atom. The van der Waals surface area contributed by atoms with Crippen molar-refractivity contribution in [1.82, 2.24) is 0 Å². The highest BCUT2D eigenvalue weighted by molar-refractivity contribution is 5.76. The summed E-state index contributed by atoms with van der Waals surface area (Å²) in [5, 5.41) is 0. The second-order valence-electron chi connectivity index (χ2n) is 5.54. The second-order valence-corrected chi connectivity index (χ2v) is 5.54. The van der Waals surface area contributed by atoms with Crippen LogP contribution in [0.2, 0.25) is 0 Å². The lowest BCUT2D eigenvalue weighted by molar-refractivity contribution is -0.157. The van der Waals surface area contributed by atoms with Gasteiger partial charge >= 0.3 is 5.97 Å². The Balaban J connectivity index is 4.29. The van der Waals surface area contributed by atoms with Crippen molar-refractivity contribution in [2.45, 2.75) is 52.7 Å². The van der Waals surface area contributed by atoms with Gasteiger partial charge in [-0.15, -0.1) is 6.58 Å². The van der Waals surface area contributed by atoms with E-state index in [1.54, 1.807) is 6.08 Å². The van der Waals surface area contributed by atoms with Crippen LogP contribution in [0.3, 0.4) is 0 Å². The lowest BCUT2D eigenvalue weighted by Crippen LogP contribution is -2.39. The van der Waals surface area contributed by atoms with Gasteiger partial charge in [0.2, 0.25) is 0 Å². The van der Waals surface area contributed by atoms with Crippen molar-refractivity contribution >= 4 is 5.97 Å². The average molecular weight is 213 g/mol. The zero-order valence-electron chi connectivity index (χ0n) is 10.5. The fraction of sp³-hybridized carbons (Fsp3) is 0.750. The molecule has 0 aliphatic heterocycles. The van der Waals surface area contributed by atoms with E-state index in [1.165, 1.54) is 0 Å². The van der Waals surface area contributed by atoms with E-state index < -0.39 is 11.6 Å². The fourth-order valence-electron chi connectivity index (χ4n) is 1.11.